The van der Waals surface area contributed by atoms with Gasteiger partial charge in [0, 0.05) is 29.0 Å². The number of nitrogens with zero attached hydrogens (tertiary/aromatic N) is 5. The fourth-order valence-electron chi connectivity index (χ4n) is 4.50. The van der Waals surface area contributed by atoms with Crippen molar-refractivity contribution >= 4 is 45.5 Å². The molecule has 0 bridgehead atoms. The molecular weight excluding hydrogens is 566 g/mol. The summed E-state index contributed by atoms with van der Waals surface area (Å²) in [4.78, 5) is 39.6. The summed E-state index contributed by atoms with van der Waals surface area (Å²) in [7, 11) is 0. The predicted molar refractivity (Wildman–Crippen MR) is 138 cm³/mol. The average Bonchev–Trinajstić information content (AvgIpc) is 3.50. The maximum atomic E-state index is 12.5. The van der Waals surface area contributed by atoms with E-state index in [2.05, 4.69) is 31.2 Å². The summed E-state index contributed by atoms with van der Waals surface area (Å²) >= 11 is 4.97. The molecule has 0 unspecified atom stereocenters. The SMILES string of the molecule is C[C@@H](NC(=O)O)C(=O)N1CCC(CCn2cnc(N)c3nc(Sc4cc5c(cc4Br)OCO5)nc2-3)CC1. The van der Waals surface area contributed by atoms with Gasteiger partial charge in [-0.2, -0.15) is 0 Å². The number of amides is 2. The second-order valence-electron chi connectivity index (χ2n) is 8.97. The first-order valence-electron chi connectivity index (χ1n) is 11.8. The maximum Gasteiger partial charge on any atom is 0.405 e. The van der Waals surface area contributed by atoms with Crippen LogP contribution in [0.1, 0.15) is 26.2 Å². The quantitative estimate of drug-likeness (QED) is 0.372. The van der Waals surface area contributed by atoms with E-state index in [9.17, 15) is 9.59 Å². The van der Waals surface area contributed by atoms with Crippen molar-refractivity contribution in [2.24, 2.45) is 5.92 Å². The third kappa shape index (κ3) is 5.54. The number of nitrogen functional groups attached to an aromatic ring is 1. The van der Waals surface area contributed by atoms with Crippen molar-refractivity contribution in [3.05, 3.63) is 22.9 Å². The summed E-state index contributed by atoms with van der Waals surface area (Å²) in [5, 5.41) is 11.6. The minimum atomic E-state index is -1.20. The van der Waals surface area contributed by atoms with Crippen molar-refractivity contribution < 1.29 is 24.2 Å². The Morgan fingerprint density at radius 3 is 2.73 bits per heavy atom. The Bertz CT molecular complexity index is 1300. The van der Waals surface area contributed by atoms with Crippen LogP contribution in [0.3, 0.4) is 0 Å². The van der Waals surface area contributed by atoms with Crippen LogP contribution in [0.4, 0.5) is 10.6 Å². The molecule has 1 atom stereocenters. The number of hydrogen-bond acceptors (Lipinski definition) is 9. The zero-order valence-corrected chi connectivity index (χ0v) is 22.4. The minimum absolute atomic E-state index is 0.189. The van der Waals surface area contributed by atoms with Crippen LogP contribution in [0, 0.1) is 5.92 Å². The van der Waals surface area contributed by atoms with Crippen LogP contribution in [0.5, 0.6) is 11.5 Å². The molecule has 37 heavy (non-hydrogen) atoms. The zero-order chi connectivity index (χ0) is 26.1. The van der Waals surface area contributed by atoms with Crippen LogP contribution in [0.15, 0.2) is 33.0 Å². The molecule has 196 valence electrons. The van der Waals surface area contributed by atoms with Crippen LogP contribution >= 0.6 is 27.7 Å². The van der Waals surface area contributed by atoms with Gasteiger partial charge >= 0.3 is 6.09 Å². The third-order valence-corrected chi connectivity index (χ3v) is 8.36. The summed E-state index contributed by atoms with van der Waals surface area (Å²) in [6, 6.07) is 3.01. The number of likely N-dealkylation sites (tertiary alicyclic amines) is 1. The first kappa shape index (κ1) is 25.4. The first-order chi connectivity index (χ1) is 17.8. The molecule has 0 radical (unpaired) electrons. The number of hydrogen-bond donors (Lipinski definition) is 3. The molecule has 0 saturated carbocycles. The van der Waals surface area contributed by atoms with Crippen LogP contribution in [0.25, 0.3) is 11.5 Å². The molecule has 4 aliphatic heterocycles. The van der Waals surface area contributed by atoms with E-state index in [1.165, 1.54) is 11.8 Å². The van der Waals surface area contributed by atoms with Gasteiger partial charge in [-0.25, -0.2) is 19.7 Å². The van der Waals surface area contributed by atoms with Gasteiger partial charge in [-0.15, -0.1) is 0 Å². The molecule has 12 nitrogen and oxygen atoms in total. The lowest BCUT2D eigenvalue weighted by Crippen LogP contribution is -2.49. The highest BCUT2D eigenvalue weighted by Gasteiger charge is 2.27. The van der Waals surface area contributed by atoms with Gasteiger partial charge in [0.15, 0.2) is 34.0 Å². The molecule has 1 fully saturated rings. The molecule has 1 saturated heterocycles. The number of anilines is 1. The molecular formula is C23H26BrN7O5S. The topological polar surface area (TPSA) is 158 Å². The molecule has 2 amide bonds. The third-order valence-electron chi connectivity index (χ3n) is 6.51. The van der Waals surface area contributed by atoms with Crippen LogP contribution in [-0.2, 0) is 11.3 Å². The number of imidazole rings is 1. The molecule has 1 aromatic rings. The van der Waals surface area contributed by atoms with E-state index < -0.39 is 12.1 Å². The molecule has 0 aromatic heterocycles. The van der Waals surface area contributed by atoms with Gasteiger partial charge in [0.25, 0.3) is 0 Å². The summed E-state index contributed by atoms with van der Waals surface area (Å²) in [6.45, 7) is 3.67. The smallest absolute Gasteiger partial charge is 0.405 e. The van der Waals surface area contributed by atoms with Gasteiger partial charge in [0.1, 0.15) is 6.04 Å². The summed E-state index contributed by atoms with van der Waals surface area (Å²) in [5.74, 6) is 2.61. The van der Waals surface area contributed by atoms with Crippen molar-refractivity contribution in [2.75, 3.05) is 25.6 Å². The van der Waals surface area contributed by atoms with Gasteiger partial charge in [-0.3, -0.25) is 4.79 Å². The molecule has 5 rings (SSSR count). The Balaban J connectivity index is 1.22. The number of nitrogens with one attached hydrogen (secondary N) is 1. The van der Waals surface area contributed by atoms with E-state index in [4.69, 9.17) is 25.3 Å². The molecule has 4 heterocycles. The van der Waals surface area contributed by atoms with Crippen molar-refractivity contribution in [2.45, 2.75) is 48.8 Å². The number of benzene rings is 1. The van der Waals surface area contributed by atoms with Gasteiger partial charge in [-0.05, 0) is 71.9 Å². The highest BCUT2D eigenvalue weighted by molar-refractivity contribution is 9.10. The largest absolute Gasteiger partial charge is 0.465 e. The number of nitrogens with two attached hydrogens (primary N) is 1. The van der Waals surface area contributed by atoms with Gasteiger partial charge in [0.05, 0.1) is 6.33 Å². The lowest BCUT2D eigenvalue weighted by atomic mass is 9.93. The Kier molecular flexibility index (Phi) is 7.29. The fraction of sp³-hybridized carbons (Fsp3) is 0.435. The van der Waals surface area contributed by atoms with Gasteiger partial charge in [0.2, 0.25) is 12.7 Å². The summed E-state index contributed by atoms with van der Waals surface area (Å²) in [6.07, 6.45) is 3.08. The summed E-state index contributed by atoms with van der Waals surface area (Å²) < 4.78 is 13.7. The minimum Gasteiger partial charge on any atom is -0.465 e. The van der Waals surface area contributed by atoms with Crippen molar-refractivity contribution in [1.82, 2.24) is 29.7 Å². The number of piperidine rings is 1. The van der Waals surface area contributed by atoms with Crippen LogP contribution in [0.2, 0.25) is 0 Å². The number of carbonyl (C=O) groups excluding carboxylic acids is 1. The Labute approximate surface area is 225 Å². The maximum absolute atomic E-state index is 12.5. The van der Waals surface area contributed by atoms with E-state index in [1.807, 2.05) is 16.7 Å². The zero-order valence-electron chi connectivity index (χ0n) is 20.0. The Hall–Kier alpha value is -3.26. The molecule has 1 aromatic carbocycles. The second-order valence-corrected chi connectivity index (χ2v) is 10.8. The van der Waals surface area contributed by atoms with E-state index >= 15 is 0 Å². The Morgan fingerprint density at radius 1 is 1.27 bits per heavy atom. The number of halogens is 1. The van der Waals surface area contributed by atoms with Crippen molar-refractivity contribution in [3.8, 4) is 23.0 Å². The number of aromatic nitrogens is 4. The highest BCUT2D eigenvalue weighted by atomic mass is 79.9. The molecule has 14 heteroatoms. The van der Waals surface area contributed by atoms with Crippen molar-refractivity contribution in [1.29, 1.82) is 0 Å². The first-order valence-corrected chi connectivity index (χ1v) is 13.4. The van der Waals surface area contributed by atoms with E-state index in [0.717, 1.165) is 28.6 Å². The van der Waals surface area contributed by atoms with Crippen LogP contribution < -0.4 is 20.5 Å². The summed E-state index contributed by atoms with van der Waals surface area (Å²) in [5.41, 5.74) is 6.67. The van der Waals surface area contributed by atoms with E-state index in [-0.39, 0.29) is 12.7 Å². The number of carbonyl (C=O) groups is 2. The highest BCUT2D eigenvalue weighted by Crippen LogP contribution is 2.43. The molecule has 4 N–H and O–H groups in total. The van der Waals surface area contributed by atoms with E-state index in [1.54, 1.807) is 18.2 Å². The molecule has 0 spiro atoms. The molecule has 0 aliphatic carbocycles. The number of aryl methyl sites for hydroxylation is 1. The molecule has 4 aliphatic rings. The van der Waals surface area contributed by atoms with E-state index in [0.29, 0.717) is 59.5 Å². The second kappa shape index (κ2) is 10.6. The lowest BCUT2D eigenvalue weighted by Gasteiger charge is -2.33. The standard InChI is InChI=1S/C23H26BrN7O5S/c1-12(27-23(33)34)21(32)30-5-2-13(3-6-30)4-7-31-10-26-19(25)18-20(31)29-22(28-18)37-17-9-16-15(8-14(17)24)35-11-36-16/h8-10,12-13,27H,2-7,11,25H2,1H3,(H,33,34)/t12-/m1/s1. The van der Waals surface area contributed by atoms with Gasteiger partial charge in [-0.1, -0.05) is 0 Å². The normalized spacial score (nSPS) is 16.2. The monoisotopic (exact) mass is 591 g/mol. The fourth-order valence-corrected chi connectivity index (χ4v) is 5.86. The van der Waals surface area contributed by atoms with Crippen LogP contribution in [-0.4, -0.2) is 67.5 Å². The number of rotatable bonds is 7. The number of ether oxygens (including phenoxy) is 2. The number of fused-ring (bicyclic) bond motifs is 2. The van der Waals surface area contributed by atoms with Gasteiger partial charge < -0.3 is 35.1 Å². The predicted octanol–water partition coefficient (Wildman–Crippen LogP) is 3.29. The van der Waals surface area contributed by atoms with Crippen molar-refractivity contribution in [3.63, 3.8) is 0 Å². The number of carboxylic acid groups (broad SMARTS) is 1. The lowest BCUT2D eigenvalue weighted by molar-refractivity contribution is -0.134. The average molecular weight is 592 g/mol. The Morgan fingerprint density at radius 2 is 2.00 bits per heavy atom.